The lowest BCUT2D eigenvalue weighted by molar-refractivity contribution is 0.335. The van der Waals surface area contributed by atoms with E-state index in [0.717, 1.165) is 16.9 Å². The summed E-state index contributed by atoms with van der Waals surface area (Å²) in [6.45, 7) is 4.78. The summed E-state index contributed by atoms with van der Waals surface area (Å²) in [6.07, 6.45) is 1.77. The van der Waals surface area contributed by atoms with Crippen molar-refractivity contribution in [3.63, 3.8) is 0 Å². The molecule has 2 rings (SSSR count). The molecule has 0 spiro atoms. The molecular weight excluding hydrogens is 240 g/mol. The molecule has 0 aliphatic rings. The third-order valence-corrected chi connectivity index (χ3v) is 2.94. The van der Waals surface area contributed by atoms with Crippen LogP contribution in [0.4, 0.5) is 5.69 Å². The summed E-state index contributed by atoms with van der Waals surface area (Å²) in [7, 11) is 0. The zero-order valence-electron chi connectivity index (χ0n) is 11.2. The van der Waals surface area contributed by atoms with Crippen LogP contribution >= 0.6 is 0 Å². The number of hydrogen-bond acceptors (Lipinski definition) is 3. The molecule has 0 fully saturated rings. The first kappa shape index (κ1) is 13.2. The van der Waals surface area contributed by atoms with Crippen molar-refractivity contribution in [1.29, 1.82) is 0 Å². The van der Waals surface area contributed by atoms with Crippen LogP contribution in [0.5, 0.6) is 5.75 Å². The number of nitrogen functional groups attached to an aromatic ring is 1. The topological polar surface area (TPSA) is 57.2 Å². The normalized spacial score (nSPS) is 10.4. The predicted octanol–water partition coefficient (Wildman–Crippen LogP) is 2.19. The van der Waals surface area contributed by atoms with Crippen molar-refractivity contribution in [2.24, 2.45) is 0 Å². The number of ether oxygens (including phenoxy) is 1. The minimum absolute atomic E-state index is 0.00683. The molecule has 2 aromatic rings. The lowest BCUT2D eigenvalue weighted by Crippen LogP contribution is -2.22. The molecule has 1 aromatic heterocycles. The maximum atomic E-state index is 12.0. The van der Waals surface area contributed by atoms with Crippen LogP contribution < -0.4 is 16.0 Å². The van der Waals surface area contributed by atoms with Crippen LogP contribution in [0.2, 0.25) is 0 Å². The van der Waals surface area contributed by atoms with Gasteiger partial charge in [0.25, 0.3) is 5.56 Å². The number of nitrogens with two attached hydrogens (primary N) is 1. The Labute approximate surface area is 112 Å². The van der Waals surface area contributed by atoms with E-state index in [1.54, 1.807) is 16.8 Å². The van der Waals surface area contributed by atoms with E-state index in [9.17, 15) is 4.79 Å². The van der Waals surface area contributed by atoms with E-state index in [0.29, 0.717) is 18.8 Å². The predicted molar refractivity (Wildman–Crippen MR) is 76.6 cm³/mol. The zero-order valence-corrected chi connectivity index (χ0v) is 11.2. The largest absolute Gasteiger partial charge is 0.494 e. The van der Waals surface area contributed by atoms with Gasteiger partial charge in [0.2, 0.25) is 0 Å². The third-order valence-electron chi connectivity index (χ3n) is 2.94. The maximum Gasteiger partial charge on any atom is 0.253 e. The summed E-state index contributed by atoms with van der Waals surface area (Å²) < 4.78 is 7.22. The van der Waals surface area contributed by atoms with Crippen LogP contribution in [0.25, 0.3) is 0 Å². The van der Waals surface area contributed by atoms with E-state index in [-0.39, 0.29) is 5.56 Å². The van der Waals surface area contributed by atoms with E-state index < -0.39 is 0 Å². The van der Waals surface area contributed by atoms with Gasteiger partial charge in [-0.25, -0.2) is 0 Å². The molecule has 0 saturated heterocycles. The highest BCUT2D eigenvalue weighted by molar-refractivity contribution is 5.48. The summed E-state index contributed by atoms with van der Waals surface area (Å²) in [4.78, 5) is 12.0. The van der Waals surface area contributed by atoms with Gasteiger partial charge in [-0.15, -0.1) is 0 Å². The monoisotopic (exact) mass is 258 g/mol. The summed E-state index contributed by atoms with van der Waals surface area (Å²) in [6, 6.07) is 9.16. The number of benzene rings is 1. The number of pyridine rings is 1. The SMILES string of the molecule is CCOc1ccc(N)cc1Cn1cccc(C)c1=O. The van der Waals surface area contributed by atoms with Gasteiger partial charge in [-0.3, -0.25) is 4.79 Å². The molecule has 1 aromatic carbocycles. The Kier molecular flexibility index (Phi) is 3.90. The fraction of sp³-hybridized carbons (Fsp3) is 0.267. The molecule has 0 unspecified atom stereocenters. The van der Waals surface area contributed by atoms with Crippen LogP contribution in [-0.2, 0) is 6.54 Å². The summed E-state index contributed by atoms with van der Waals surface area (Å²) in [5.41, 5.74) is 8.11. The van der Waals surface area contributed by atoms with Crippen molar-refractivity contribution >= 4 is 5.69 Å². The quantitative estimate of drug-likeness (QED) is 0.855. The van der Waals surface area contributed by atoms with Crippen LogP contribution in [0.15, 0.2) is 41.3 Å². The minimum atomic E-state index is 0.00683. The molecular formula is C15H18N2O2. The average Bonchev–Trinajstić information content (AvgIpc) is 2.38. The Balaban J connectivity index is 2.39. The fourth-order valence-electron chi connectivity index (χ4n) is 1.98. The van der Waals surface area contributed by atoms with Gasteiger partial charge in [0.15, 0.2) is 0 Å². The van der Waals surface area contributed by atoms with Gasteiger partial charge in [0.05, 0.1) is 13.2 Å². The van der Waals surface area contributed by atoms with Crippen LogP contribution in [-0.4, -0.2) is 11.2 Å². The lowest BCUT2D eigenvalue weighted by Gasteiger charge is -2.12. The van der Waals surface area contributed by atoms with Crippen LogP contribution in [0.3, 0.4) is 0 Å². The average molecular weight is 258 g/mol. The molecule has 0 radical (unpaired) electrons. The van der Waals surface area contributed by atoms with Gasteiger partial charge in [-0.1, -0.05) is 6.07 Å². The number of anilines is 1. The molecule has 0 aliphatic heterocycles. The molecule has 4 nitrogen and oxygen atoms in total. The first-order chi connectivity index (χ1) is 9.11. The van der Waals surface area contributed by atoms with Crippen molar-refractivity contribution in [3.8, 4) is 5.75 Å². The van der Waals surface area contributed by atoms with Crippen molar-refractivity contribution in [2.45, 2.75) is 20.4 Å². The highest BCUT2D eigenvalue weighted by atomic mass is 16.5. The molecule has 0 saturated carbocycles. The molecule has 0 atom stereocenters. The van der Waals surface area contributed by atoms with Gasteiger partial charge in [0.1, 0.15) is 5.75 Å². The Bertz CT molecular complexity index is 632. The van der Waals surface area contributed by atoms with Crippen molar-refractivity contribution in [3.05, 3.63) is 58.0 Å². The molecule has 100 valence electrons. The first-order valence-electron chi connectivity index (χ1n) is 6.29. The molecule has 0 amide bonds. The molecule has 19 heavy (non-hydrogen) atoms. The smallest absolute Gasteiger partial charge is 0.253 e. The van der Waals surface area contributed by atoms with Crippen LogP contribution in [0.1, 0.15) is 18.1 Å². The number of aromatic nitrogens is 1. The van der Waals surface area contributed by atoms with Crippen molar-refractivity contribution in [2.75, 3.05) is 12.3 Å². The second-order valence-corrected chi connectivity index (χ2v) is 4.42. The number of aryl methyl sites for hydroxylation is 1. The van der Waals surface area contributed by atoms with E-state index in [4.69, 9.17) is 10.5 Å². The van der Waals surface area contributed by atoms with E-state index in [2.05, 4.69) is 0 Å². The molecule has 1 heterocycles. The molecule has 0 bridgehead atoms. The standard InChI is InChI=1S/C15H18N2O2/c1-3-19-14-7-6-13(16)9-12(14)10-17-8-4-5-11(2)15(17)18/h4-9H,3,10,16H2,1-2H3. The van der Waals surface area contributed by atoms with Crippen molar-refractivity contribution in [1.82, 2.24) is 4.57 Å². The number of rotatable bonds is 4. The van der Waals surface area contributed by atoms with Crippen molar-refractivity contribution < 1.29 is 4.74 Å². The second kappa shape index (κ2) is 5.61. The summed E-state index contributed by atoms with van der Waals surface area (Å²) in [5.74, 6) is 0.769. The van der Waals surface area contributed by atoms with Gasteiger partial charge in [-0.2, -0.15) is 0 Å². The number of nitrogens with zero attached hydrogens (tertiary/aromatic N) is 1. The second-order valence-electron chi connectivity index (χ2n) is 4.42. The highest BCUT2D eigenvalue weighted by Crippen LogP contribution is 2.22. The molecule has 0 aliphatic carbocycles. The van der Waals surface area contributed by atoms with Crippen LogP contribution in [0, 0.1) is 6.92 Å². The minimum Gasteiger partial charge on any atom is -0.494 e. The van der Waals surface area contributed by atoms with Gasteiger partial charge in [-0.05, 0) is 38.1 Å². The van der Waals surface area contributed by atoms with E-state index in [1.165, 1.54) is 0 Å². The Morgan fingerprint density at radius 1 is 1.32 bits per heavy atom. The van der Waals surface area contributed by atoms with Gasteiger partial charge in [0, 0.05) is 23.0 Å². The highest BCUT2D eigenvalue weighted by Gasteiger charge is 2.07. The lowest BCUT2D eigenvalue weighted by atomic mass is 10.1. The molecule has 4 heteroatoms. The summed E-state index contributed by atoms with van der Waals surface area (Å²) in [5, 5.41) is 0. The zero-order chi connectivity index (χ0) is 13.8. The first-order valence-corrected chi connectivity index (χ1v) is 6.29. The van der Waals surface area contributed by atoms with Gasteiger partial charge >= 0.3 is 0 Å². The van der Waals surface area contributed by atoms with E-state index in [1.807, 2.05) is 38.1 Å². The Hall–Kier alpha value is -2.23. The number of hydrogen-bond donors (Lipinski definition) is 1. The van der Waals surface area contributed by atoms with E-state index >= 15 is 0 Å². The van der Waals surface area contributed by atoms with Gasteiger partial charge < -0.3 is 15.0 Å². The summed E-state index contributed by atoms with van der Waals surface area (Å²) >= 11 is 0. The third kappa shape index (κ3) is 2.96. The molecule has 2 N–H and O–H groups in total. The fourth-order valence-corrected chi connectivity index (χ4v) is 1.98. The Morgan fingerprint density at radius 2 is 2.11 bits per heavy atom. The maximum absolute atomic E-state index is 12.0. The Morgan fingerprint density at radius 3 is 2.84 bits per heavy atom.